The molecular formula is C54H88O23. The molecule has 29 atom stereocenters. The van der Waals surface area contributed by atoms with Gasteiger partial charge in [0.2, 0.25) is 0 Å². The van der Waals surface area contributed by atoms with Gasteiger partial charge in [-0.2, -0.15) is 0 Å². The lowest BCUT2D eigenvalue weighted by atomic mass is 9.30. The summed E-state index contributed by atoms with van der Waals surface area (Å²) >= 11 is 0. The van der Waals surface area contributed by atoms with Crippen LogP contribution < -0.4 is 0 Å². The number of aliphatic hydroxyl groups is 12. The van der Waals surface area contributed by atoms with E-state index in [-0.39, 0.29) is 52.0 Å². The molecule has 5 saturated carbocycles. The highest BCUT2D eigenvalue weighted by Crippen LogP contribution is 2.81. The number of rotatable bonds is 11. The van der Waals surface area contributed by atoms with E-state index in [9.17, 15) is 66.1 Å². The van der Waals surface area contributed by atoms with Gasteiger partial charge in [0.15, 0.2) is 25.2 Å². The van der Waals surface area contributed by atoms with E-state index in [2.05, 4.69) is 48.5 Å². The molecule has 29 unspecified atom stereocenters. The molecule has 1 spiro atoms. The summed E-state index contributed by atoms with van der Waals surface area (Å²) in [4.78, 5) is 12.6. The summed E-state index contributed by atoms with van der Waals surface area (Å²) in [7, 11) is 0. The number of hydrogen-bond acceptors (Lipinski definition) is 23. The number of hydrogen-bond donors (Lipinski definition) is 12. The van der Waals surface area contributed by atoms with Crippen molar-refractivity contribution in [1.29, 1.82) is 0 Å². The number of carbonyl (C=O) groups excluding carboxylic acids is 1. The van der Waals surface area contributed by atoms with E-state index < -0.39 is 165 Å². The fraction of sp³-hybridized carbons (Fsp3) is 0.981. The Hall–Kier alpha value is -1.37. The number of esters is 1. The van der Waals surface area contributed by atoms with Crippen LogP contribution in [0.3, 0.4) is 0 Å². The SMILES string of the molecule is CC(=O)OC1CC(C)(C)CC2C13COC21CCC2C4(C)CCC(OC5OCC(OC6OC(CO)C(OC7OC(CO)C(O)C(O)C7O)C(O)C6OC6OCC(O)C(O)C6O)C(O)C5O)C(C)(C)C4CCC2(C)C1(C)CC3O. The lowest BCUT2D eigenvalue weighted by Crippen LogP contribution is -2.75. The monoisotopic (exact) mass is 1100 g/mol. The Balaban J connectivity index is 0.829. The van der Waals surface area contributed by atoms with Gasteiger partial charge >= 0.3 is 5.97 Å². The summed E-state index contributed by atoms with van der Waals surface area (Å²) in [5.74, 6) is 0.148. The second kappa shape index (κ2) is 20.8. The Morgan fingerprint density at radius 3 is 1.87 bits per heavy atom. The summed E-state index contributed by atoms with van der Waals surface area (Å²) < 4.78 is 61.2. The van der Waals surface area contributed by atoms with Gasteiger partial charge in [-0.1, -0.05) is 48.5 Å². The third-order valence-corrected chi connectivity index (χ3v) is 22.1. The van der Waals surface area contributed by atoms with Crippen molar-refractivity contribution in [2.45, 2.75) is 248 Å². The summed E-state index contributed by atoms with van der Waals surface area (Å²) in [5, 5.41) is 131. The predicted molar refractivity (Wildman–Crippen MR) is 261 cm³/mol. The molecule has 0 amide bonds. The molecule has 5 heterocycles. The Kier molecular flexibility index (Phi) is 15.9. The molecule has 23 nitrogen and oxygen atoms in total. The van der Waals surface area contributed by atoms with Crippen LogP contribution in [0.1, 0.15) is 113 Å². The minimum Gasteiger partial charge on any atom is -0.462 e. The highest BCUT2D eigenvalue weighted by atomic mass is 16.8. The molecule has 77 heavy (non-hydrogen) atoms. The van der Waals surface area contributed by atoms with Crippen LogP contribution in [-0.2, 0) is 52.2 Å². The van der Waals surface area contributed by atoms with Gasteiger partial charge in [0.05, 0.1) is 56.3 Å². The normalized spacial score (nSPS) is 56.0. The second-order valence-electron chi connectivity index (χ2n) is 26.9. The maximum absolute atomic E-state index is 12.6. The first-order chi connectivity index (χ1) is 36.1. The van der Waals surface area contributed by atoms with E-state index in [0.29, 0.717) is 25.9 Å². The van der Waals surface area contributed by atoms with Crippen LogP contribution in [-0.4, -0.2) is 235 Å². The summed E-state index contributed by atoms with van der Waals surface area (Å²) in [6.45, 7) is 15.4. The zero-order valence-electron chi connectivity index (χ0n) is 45.6. The van der Waals surface area contributed by atoms with Gasteiger partial charge in [0.1, 0.15) is 91.6 Å². The second-order valence-corrected chi connectivity index (χ2v) is 26.9. The first-order valence-electron chi connectivity index (χ1n) is 28.1. The molecule has 5 aliphatic heterocycles. The van der Waals surface area contributed by atoms with E-state index >= 15 is 0 Å². The van der Waals surface area contributed by atoms with Crippen molar-refractivity contribution >= 4 is 5.97 Å². The summed E-state index contributed by atoms with van der Waals surface area (Å²) in [6.07, 6.45) is -24.7. The first kappa shape index (κ1) is 58.8. The molecule has 10 rings (SSSR count). The topological polar surface area (TPSA) is 352 Å². The molecule has 442 valence electrons. The van der Waals surface area contributed by atoms with Gasteiger partial charge in [0, 0.05) is 18.3 Å². The Morgan fingerprint density at radius 2 is 1.18 bits per heavy atom. The fourth-order valence-electron chi connectivity index (χ4n) is 17.9. The van der Waals surface area contributed by atoms with Gasteiger partial charge in [-0.3, -0.25) is 4.79 Å². The minimum absolute atomic E-state index is 0.0214. The lowest BCUT2D eigenvalue weighted by molar-refractivity contribution is -0.394. The molecule has 0 radical (unpaired) electrons. The molecule has 12 N–H and O–H groups in total. The molecule has 10 aliphatic rings. The minimum atomic E-state index is -1.94. The van der Waals surface area contributed by atoms with Crippen molar-refractivity contribution in [2.24, 2.45) is 50.2 Å². The molecule has 23 heteroatoms. The molecule has 0 aromatic carbocycles. The predicted octanol–water partition coefficient (Wildman–Crippen LogP) is -1.53. The zero-order chi connectivity index (χ0) is 55.9. The number of carbonyl (C=O) groups is 1. The van der Waals surface area contributed by atoms with Crippen LogP contribution >= 0.6 is 0 Å². The molecular weight excluding hydrogens is 1020 g/mol. The van der Waals surface area contributed by atoms with Crippen LogP contribution in [0.5, 0.6) is 0 Å². The highest BCUT2D eigenvalue weighted by molar-refractivity contribution is 5.66. The average Bonchev–Trinajstić information content (AvgIpc) is 3.26. The van der Waals surface area contributed by atoms with Crippen molar-refractivity contribution < 1.29 is 113 Å². The van der Waals surface area contributed by atoms with Crippen LogP contribution in [0.25, 0.3) is 0 Å². The average molecular weight is 1110 g/mol. The van der Waals surface area contributed by atoms with Gasteiger partial charge in [-0.25, -0.2) is 0 Å². The lowest BCUT2D eigenvalue weighted by Gasteiger charge is -2.75. The van der Waals surface area contributed by atoms with E-state index in [4.69, 9.17) is 47.4 Å². The molecule has 5 aliphatic carbocycles. The molecule has 5 saturated heterocycles. The van der Waals surface area contributed by atoms with Crippen LogP contribution in [0.2, 0.25) is 0 Å². The maximum Gasteiger partial charge on any atom is 0.302 e. The van der Waals surface area contributed by atoms with Gasteiger partial charge in [-0.15, -0.1) is 0 Å². The zero-order valence-corrected chi connectivity index (χ0v) is 45.6. The van der Waals surface area contributed by atoms with E-state index in [1.165, 1.54) is 6.92 Å². The van der Waals surface area contributed by atoms with Crippen molar-refractivity contribution in [2.75, 3.05) is 33.0 Å². The first-order valence-corrected chi connectivity index (χ1v) is 28.1. The van der Waals surface area contributed by atoms with E-state index in [0.717, 1.165) is 38.5 Å². The maximum atomic E-state index is 12.6. The smallest absolute Gasteiger partial charge is 0.302 e. The number of aliphatic hydroxyl groups excluding tert-OH is 12. The van der Waals surface area contributed by atoms with Crippen LogP contribution in [0.15, 0.2) is 0 Å². The molecule has 10 fully saturated rings. The fourth-order valence-corrected chi connectivity index (χ4v) is 17.9. The number of fused-ring (bicyclic) bond motifs is 4. The van der Waals surface area contributed by atoms with Crippen molar-refractivity contribution in [3.05, 3.63) is 0 Å². The van der Waals surface area contributed by atoms with Gasteiger partial charge in [0.25, 0.3) is 0 Å². The Morgan fingerprint density at radius 1 is 0.558 bits per heavy atom. The standard InChI is InChI=1S/C54H88O23/c1-23(57)71-33-17-48(2,3)15-30-53(33)22-70-54(30)14-10-29-50(6)12-11-32(49(4,5)28(50)9-13-51(29,7)52(54,8)16-31(53)59)75-44-39(65)36(62)27(21-69-44)74-47-43(77-45-38(64)34(60)24(58)20-68-45)41(67)42(26(19-56)73-47)76-46-40(66)37(63)35(61)25(18-55)72-46/h24-47,55-56,58-67H,9-22H2,1-8H3. The summed E-state index contributed by atoms with van der Waals surface area (Å²) in [5.41, 5.74) is -2.44. The van der Waals surface area contributed by atoms with E-state index in [1.54, 1.807) is 0 Å². The largest absolute Gasteiger partial charge is 0.462 e. The Bertz CT molecular complexity index is 2120. The van der Waals surface area contributed by atoms with Crippen molar-refractivity contribution in [3.63, 3.8) is 0 Å². The molecule has 0 aromatic rings. The van der Waals surface area contributed by atoms with Crippen molar-refractivity contribution in [1.82, 2.24) is 0 Å². The van der Waals surface area contributed by atoms with Crippen LogP contribution in [0.4, 0.5) is 0 Å². The number of ether oxygens (including phenoxy) is 10. The van der Waals surface area contributed by atoms with Gasteiger partial charge in [-0.05, 0) is 91.3 Å². The van der Waals surface area contributed by atoms with Gasteiger partial charge < -0.3 is 109 Å². The molecule has 2 bridgehead atoms. The summed E-state index contributed by atoms with van der Waals surface area (Å²) in [6, 6.07) is 0. The molecule has 0 aromatic heterocycles. The quantitative estimate of drug-likeness (QED) is 0.0825. The third-order valence-electron chi connectivity index (χ3n) is 22.1. The Labute approximate surface area is 449 Å². The van der Waals surface area contributed by atoms with Crippen LogP contribution in [0, 0.1) is 50.2 Å². The highest BCUT2D eigenvalue weighted by Gasteiger charge is 2.82. The third kappa shape index (κ3) is 9.04. The van der Waals surface area contributed by atoms with E-state index in [1.807, 2.05) is 0 Å². The van der Waals surface area contributed by atoms with Crippen molar-refractivity contribution in [3.8, 4) is 0 Å².